The average molecular weight is 371 g/mol. The predicted molar refractivity (Wildman–Crippen MR) is 109 cm³/mol. The highest BCUT2D eigenvalue weighted by molar-refractivity contribution is 6.19. The van der Waals surface area contributed by atoms with Crippen molar-refractivity contribution in [2.45, 2.75) is 26.8 Å². The number of nitrogens with zero attached hydrogens (tertiary/aromatic N) is 1. The van der Waals surface area contributed by atoms with Crippen LogP contribution in [0, 0.1) is 20.8 Å². The highest BCUT2D eigenvalue weighted by atomic mass is 16.3. The van der Waals surface area contributed by atoms with Gasteiger partial charge in [0.15, 0.2) is 5.78 Å². The van der Waals surface area contributed by atoms with Gasteiger partial charge in [0.2, 0.25) is 0 Å². The number of aryl methyl sites for hydroxylation is 3. The van der Waals surface area contributed by atoms with E-state index in [1.165, 1.54) is 4.90 Å². The van der Waals surface area contributed by atoms with Crippen LogP contribution in [0.1, 0.15) is 49.0 Å². The third-order valence-electron chi connectivity index (χ3n) is 5.36. The summed E-state index contributed by atoms with van der Waals surface area (Å²) in [5, 5.41) is 10.6. The molecule has 0 fully saturated rings. The molecule has 1 heterocycles. The Morgan fingerprint density at radius 1 is 0.893 bits per heavy atom. The molecule has 28 heavy (non-hydrogen) atoms. The van der Waals surface area contributed by atoms with E-state index >= 15 is 0 Å². The molecular weight excluding hydrogens is 350 g/mol. The molecule has 1 aliphatic rings. The Bertz CT molecular complexity index is 1100. The summed E-state index contributed by atoms with van der Waals surface area (Å²) in [5.74, 6) is -0.508. The van der Waals surface area contributed by atoms with E-state index < -0.39 is 6.04 Å². The van der Waals surface area contributed by atoms with Crippen molar-refractivity contribution < 1.29 is 14.7 Å². The number of phenolic OH excluding ortho intramolecular Hbond substituents is 1. The maximum absolute atomic E-state index is 13.6. The van der Waals surface area contributed by atoms with Gasteiger partial charge < -0.3 is 5.11 Å². The number of amides is 1. The lowest BCUT2D eigenvalue weighted by Gasteiger charge is -2.25. The fraction of sp³-hybridized carbons (Fsp3) is 0.167. The van der Waals surface area contributed by atoms with Crippen LogP contribution in [0.15, 0.2) is 60.7 Å². The highest BCUT2D eigenvalue weighted by Gasteiger charge is 2.43. The molecule has 1 unspecified atom stereocenters. The van der Waals surface area contributed by atoms with E-state index in [2.05, 4.69) is 0 Å². The molecule has 140 valence electrons. The highest BCUT2D eigenvalue weighted by Crippen LogP contribution is 2.41. The molecule has 0 aliphatic carbocycles. The minimum atomic E-state index is -0.808. The summed E-state index contributed by atoms with van der Waals surface area (Å²) in [6.45, 7) is 5.53. The topological polar surface area (TPSA) is 57.6 Å². The van der Waals surface area contributed by atoms with E-state index in [1.807, 2.05) is 49.4 Å². The Morgan fingerprint density at radius 3 is 2.25 bits per heavy atom. The standard InChI is InChI=1S/C24H21NO3/c1-14-8-12-17(13-9-14)25-21(18-6-4-5-7-19(18)24(25)28)23(27)20-15(2)10-11-16(3)22(20)26/h4-13,21,26H,1-3H3. The quantitative estimate of drug-likeness (QED) is 0.666. The van der Waals surface area contributed by atoms with Crippen LogP contribution in [0.3, 0.4) is 0 Å². The SMILES string of the molecule is Cc1ccc(N2C(=O)c3ccccc3C2C(=O)c2c(C)ccc(C)c2O)cc1. The monoisotopic (exact) mass is 371 g/mol. The van der Waals surface area contributed by atoms with Crippen molar-refractivity contribution in [3.63, 3.8) is 0 Å². The van der Waals surface area contributed by atoms with Crippen LogP contribution in [-0.2, 0) is 0 Å². The fourth-order valence-corrected chi connectivity index (χ4v) is 3.79. The number of hydrogen-bond donors (Lipinski definition) is 1. The van der Waals surface area contributed by atoms with Crippen molar-refractivity contribution in [2.75, 3.05) is 4.90 Å². The van der Waals surface area contributed by atoms with Crippen molar-refractivity contribution in [1.82, 2.24) is 0 Å². The third kappa shape index (κ3) is 2.69. The summed E-state index contributed by atoms with van der Waals surface area (Å²) in [6, 6.07) is 17.5. The van der Waals surface area contributed by atoms with E-state index in [9.17, 15) is 14.7 Å². The summed E-state index contributed by atoms with van der Waals surface area (Å²) in [7, 11) is 0. The van der Waals surface area contributed by atoms with Gasteiger partial charge in [0.1, 0.15) is 11.8 Å². The fourth-order valence-electron chi connectivity index (χ4n) is 3.79. The molecule has 1 N–H and O–H groups in total. The first-order valence-corrected chi connectivity index (χ1v) is 9.22. The number of ketones is 1. The Morgan fingerprint density at radius 2 is 1.54 bits per heavy atom. The van der Waals surface area contributed by atoms with Crippen molar-refractivity contribution in [3.05, 3.63) is 94.0 Å². The van der Waals surface area contributed by atoms with Gasteiger partial charge in [0.05, 0.1) is 5.56 Å². The number of benzene rings is 3. The van der Waals surface area contributed by atoms with Gasteiger partial charge in [-0.15, -0.1) is 0 Å². The number of Topliss-reactive ketones (excluding diaryl/α,β-unsaturated/α-hetero) is 1. The van der Waals surface area contributed by atoms with Crippen LogP contribution >= 0.6 is 0 Å². The predicted octanol–water partition coefficient (Wildman–Crippen LogP) is 4.90. The number of carbonyl (C=O) groups is 2. The van der Waals surface area contributed by atoms with Crippen molar-refractivity contribution >= 4 is 17.4 Å². The van der Waals surface area contributed by atoms with E-state index in [0.29, 0.717) is 27.9 Å². The molecule has 0 saturated heterocycles. The zero-order valence-electron chi connectivity index (χ0n) is 16.1. The zero-order chi connectivity index (χ0) is 20.0. The van der Waals surface area contributed by atoms with E-state index in [1.54, 1.807) is 32.0 Å². The lowest BCUT2D eigenvalue weighted by Crippen LogP contribution is -2.33. The van der Waals surface area contributed by atoms with Gasteiger partial charge in [-0.25, -0.2) is 0 Å². The van der Waals surface area contributed by atoms with Crippen molar-refractivity contribution in [3.8, 4) is 5.75 Å². The Labute approximate surface area is 164 Å². The van der Waals surface area contributed by atoms with Gasteiger partial charge >= 0.3 is 0 Å². The lowest BCUT2D eigenvalue weighted by molar-refractivity contribution is 0.0914. The molecule has 0 radical (unpaired) electrons. The molecule has 4 nitrogen and oxygen atoms in total. The molecule has 3 aromatic rings. The van der Waals surface area contributed by atoms with Crippen LogP contribution in [0.25, 0.3) is 0 Å². The van der Waals surface area contributed by atoms with Gasteiger partial charge in [-0.3, -0.25) is 14.5 Å². The number of anilines is 1. The maximum atomic E-state index is 13.6. The first-order valence-electron chi connectivity index (χ1n) is 9.22. The molecule has 4 heteroatoms. The van der Waals surface area contributed by atoms with Crippen LogP contribution in [0.2, 0.25) is 0 Å². The molecule has 0 aromatic heterocycles. The van der Waals surface area contributed by atoms with Crippen molar-refractivity contribution in [2.24, 2.45) is 0 Å². The summed E-state index contributed by atoms with van der Waals surface area (Å²) in [4.78, 5) is 28.4. The molecule has 1 aliphatic heterocycles. The second-order valence-corrected chi connectivity index (χ2v) is 7.29. The first-order chi connectivity index (χ1) is 13.4. The molecule has 1 amide bonds. The molecule has 4 rings (SSSR count). The van der Waals surface area contributed by atoms with Crippen LogP contribution in [0.5, 0.6) is 5.75 Å². The largest absolute Gasteiger partial charge is 0.507 e. The Kier molecular flexibility index (Phi) is 4.27. The Balaban J connectivity index is 1.91. The van der Waals surface area contributed by atoms with Gasteiger partial charge in [-0.2, -0.15) is 0 Å². The smallest absolute Gasteiger partial charge is 0.259 e. The average Bonchev–Trinajstić information content (AvgIpc) is 2.98. The summed E-state index contributed by atoms with van der Waals surface area (Å²) in [6.07, 6.45) is 0. The number of carbonyl (C=O) groups excluding carboxylic acids is 2. The molecular formula is C24H21NO3. The van der Waals surface area contributed by atoms with Gasteiger partial charge in [-0.1, -0.05) is 48.0 Å². The zero-order valence-corrected chi connectivity index (χ0v) is 16.1. The van der Waals surface area contributed by atoms with Crippen molar-refractivity contribution in [1.29, 1.82) is 0 Å². The molecule has 3 aromatic carbocycles. The minimum absolute atomic E-state index is 0.0225. The summed E-state index contributed by atoms with van der Waals surface area (Å²) in [5.41, 5.74) is 4.51. The number of hydrogen-bond acceptors (Lipinski definition) is 3. The number of fused-ring (bicyclic) bond motifs is 1. The maximum Gasteiger partial charge on any atom is 0.259 e. The number of rotatable bonds is 3. The second kappa shape index (κ2) is 6.64. The molecule has 1 atom stereocenters. The molecule has 0 saturated carbocycles. The van der Waals surface area contributed by atoms with E-state index in [0.717, 1.165) is 5.56 Å². The van der Waals surface area contributed by atoms with E-state index in [-0.39, 0.29) is 23.0 Å². The van der Waals surface area contributed by atoms with Crippen LogP contribution in [-0.4, -0.2) is 16.8 Å². The van der Waals surface area contributed by atoms with Gasteiger partial charge in [-0.05, 0) is 55.7 Å². The van der Waals surface area contributed by atoms with Gasteiger partial charge in [0, 0.05) is 11.3 Å². The lowest BCUT2D eigenvalue weighted by atomic mass is 9.92. The number of phenols is 1. The minimum Gasteiger partial charge on any atom is -0.507 e. The third-order valence-corrected chi connectivity index (χ3v) is 5.36. The van der Waals surface area contributed by atoms with Crippen LogP contribution in [0.4, 0.5) is 5.69 Å². The Hall–Kier alpha value is -3.40. The first kappa shape index (κ1) is 18.0. The van der Waals surface area contributed by atoms with Gasteiger partial charge in [0.25, 0.3) is 5.91 Å². The number of aromatic hydroxyl groups is 1. The normalized spacial score (nSPS) is 15.6. The molecule has 0 bridgehead atoms. The summed E-state index contributed by atoms with van der Waals surface area (Å²) < 4.78 is 0. The summed E-state index contributed by atoms with van der Waals surface area (Å²) >= 11 is 0. The van der Waals surface area contributed by atoms with E-state index in [4.69, 9.17) is 0 Å². The molecule has 0 spiro atoms. The second-order valence-electron chi connectivity index (χ2n) is 7.29. The van der Waals surface area contributed by atoms with Crippen LogP contribution < -0.4 is 4.90 Å².